The Morgan fingerprint density at radius 3 is 2.93 bits per heavy atom. The molecule has 15 heavy (non-hydrogen) atoms. The molecule has 0 N–H and O–H groups in total. The Balaban J connectivity index is 2.13. The Labute approximate surface area is 92.9 Å². The van der Waals surface area contributed by atoms with Crippen molar-refractivity contribution >= 4 is 17.2 Å². The van der Waals surface area contributed by atoms with Crippen LogP contribution in [0.5, 0.6) is 0 Å². The van der Waals surface area contributed by atoms with Crippen LogP contribution in [0.2, 0.25) is 0 Å². The van der Waals surface area contributed by atoms with Crippen LogP contribution in [0.15, 0.2) is 17.5 Å². The van der Waals surface area contributed by atoms with Crippen molar-refractivity contribution < 1.29 is 4.79 Å². The van der Waals surface area contributed by atoms with E-state index in [1.807, 2.05) is 17.5 Å². The highest BCUT2D eigenvalue weighted by molar-refractivity contribution is 7.10. The Morgan fingerprint density at radius 2 is 2.47 bits per heavy atom. The van der Waals surface area contributed by atoms with Gasteiger partial charge in [-0.3, -0.25) is 4.79 Å². The van der Waals surface area contributed by atoms with Gasteiger partial charge in [0.15, 0.2) is 6.04 Å². The molecule has 1 aromatic rings. The van der Waals surface area contributed by atoms with E-state index in [-0.39, 0.29) is 11.8 Å². The van der Waals surface area contributed by atoms with Gasteiger partial charge >= 0.3 is 0 Å². The van der Waals surface area contributed by atoms with Crippen LogP contribution in [0.1, 0.15) is 23.8 Å². The molecule has 1 saturated carbocycles. The smallest absolute Gasteiger partial charge is 0.226 e. The van der Waals surface area contributed by atoms with Crippen molar-refractivity contribution in [2.45, 2.75) is 18.9 Å². The molecule has 1 unspecified atom stereocenters. The first kappa shape index (κ1) is 10.2. The van der Waals surface area contributed by atoms with Gasteiger partial charge in [0.1, 0.15) is 0 Å². The molecule has 1 aromatic heterocycles. The number of thiophene rings is 1. The second-order valence-corrected chi connectivity index (χ2v) is 4.75. The largest absolute Gasteiger partial charge is 0.325 e. The van der Waals surface area contributed by atoms with E-state index in [1.54, 1.807) is 11.9 Å². The van der Waals surface area contributed by atoms with Crippen molar-refractivity contribution in [3.05, 3.63) is 22.4 Å². The number of amides is 1. The second kappa shape index (κ2) is 4.03. The summed E-state index contributed by atoms with van der Waals surface area (Å²) in [7, 11) is 1.72. The molecule has 2 rings (SSSR count). The lowest BCUT2D eigenvalue weighted by atomic mass is 10.2. The number of rotatable bonds is 3. The van der Waals surface area contributed by atoms with Gasteiger partial charge in [0, 0.05) is 17.8 Å². The third-order valence-corrected chi connectivity index (χ3v) is 3.52. The van der Waals surface area contributed by atoms with Gasteiger partial charge in [-0.1, -0.05) is 6.07 Å². The Hall–Kier alpha value is -1.34. The summed E-state index contributed by atoms with van der Waals surface area (Å²) >= 11 is 1.52. The van der Waals surface area contributed by atoms with E-state index < -0.39 is 6.04 Å². The van der Waals surface area contributed by atoms with Crippen LogP contribution < -0.4 is 0 Å². The van der Waals surface area contributed by atoms with Crippen LogP contribution in [-0.2, 0) is 4.79 Å². The van der Waals surface area contributed by atoms with Gasteiger partial charge in [-0.05, 0) is 24.3 Å². The normalized spacial score (nSPS) is 16.8. The average molecular weight is 220 g/mol. The monoisotopic (exact) mass is 220 g/mol. The van der Waals surface area contributed by atoms with E-state index in [1.165, 1.54) is 11.3 Å². The molecule has 0 aliphatic heterocycles. The van der Waals surface area contributed by atoms with Gasteiger partial charge in [-0.2, -0.15) is 5.26 Å². The summed E-state index contributed by atoms with van der Waals surface area (Å²) < 4.78 is 0. The Bertz CT molecular complexity index is 389. The first-order valence-corrected chi connectivity index (χ1v) is 5.81. The summed E-state index contributed by atoms with van der Waals surface area (Å²) in [5.74, 6) is 0.278. The minimum atomic E-state index is -0.418. The Kier molecular flexibility index (Phi) is 2.74. The van der Waals surface area contributed by atoms with Crippen molar-refractivity contribution in [2.24, 2.45) is 5.92 Å². The van der Waals surface area contributed by atoms with Crippen LogP contribution >= 0.6 is 11.3 Å². The van der Waals surface area contributed by atoms with Gasteiger partial charge < -0.3 is 4.90 Å². The van der Waals surface area contributed by atoms with Crippen molar-refractivity contribution in [3.8, 4) is 6.07 Å². The zero-order chi connectivity index (χ0) is 10.8. The van der Waals surface area contributed by atoms with E-state index in [0.717, 1.165) is 17.7 Å². The second-order valence-electron chi connectivity index (χ2n) is 3.77. The topological polar surface area (TPSA) is 44.1 Å². The lowest BCUT2D eigenvalue weighted by Gasteiger charge is -2.21. The molecule has 1 aliphatic carbocycles. The minimum Gasteiger partial charge on any atom is -0.325 e. The zero-order valence-electron chi connectivity index (χ0n) is 8.51. The molecule has 0 spiro atoms. The number of nitriles is 1. The van der Waals surface area contributed by atoms with E-state index >= 15 is 0 Å². The van der Waals surface area contributed by atoms with Crippen molar-refractivity contribution in [1.29, 1.82) is 5.26 Å². The summed E-state index contributed by atoms with van der Waals surface area (Å²) in [6, 6.07) is 5.57. The van der Waals surface area contributed by atoms with E-state index in [0.29, 0.717) is 0 Å². The fraction of sp³-hybridized carbons (Fsp3) is 0.455. The van der Waals surface area contributed by atoms with Gasteiger partial charge in [0.25, 0.3) is 0 Å². The van der Waals surface area contributed by atoms with E-state index in [9.17, 15) is 4.79 Å². The molecule has 3 nitrogen and oxygen atoms in total. The fourth-order valence-electron chi connectivity index (χ4n) is 1.53. The van der Waals surface area contributed by atoms with Crippen LogP contribution in [0.3, 0.4) is 0 Å². The highest BCUT2D eigenvalue weighted by atomic mass is 32.1. The maximum Gasteiger partial charge on any atom is 0.226 e. The number of nitrogens with zero attached hydrogens (tertiary/aromatic N) is 2. The highest BCUT2D eigenvalue weighted by Crippen LogP contribution is 2.33. The average Bonchev–Trinajstić information content (AvgIpc) is 2.96. The molecular formula is C11H12N2OS. The fourth-order valence-corrected chi connectivity index (χ4v) is 2.34. The maximum atomic E-state index is 11.8. The quantitative estimate of drug-likeness (QED) is 0.783. The van der Waals surface area contributed by atoms with E-state index in [4.69, 9.17) is 5.26 Å². The summed E-state index contributed by atoms with van der Waals surface area (Å²) in [5.41, 5.74) is 0. The Morgan fingerprint density at radius 1 is 1.73 bits per heavy atom. The molecular weight excluding hydrogens is 208 g/mol. The first-order chi connectivity index (χ1) is 7.24. The van der Waals surface area contributed by atoms with Gasteiger partial charge in [-0.15, -0.1) is 11.3 Å². The summed E-state index contributed by atoms with van der Waals surface area (Å²) in [4.78, 5) is 14.3. The summed E-state index contributed by atoms with van der Waals surface area (Å²) in [6.07, 6.45) is 1.96. The molecule has 0 radical (unpaired) electrons. The predicted molar refractivity (Wildman–Crippen MR) is 58.2 cm³/mol. The van der Waals surface area contributed by atoms with Gasteiger partial charge in [0.2, 0.25) is 5.91 Å². The standard InChI is InChI=1S/C11H12N2OS/c1-13(11(14)8-4-5-8)9(7-12)10-3-2-6-15-10/h2-3,6,8-9H,4-5H2,1H3. The lowest BCUT2D eigenvalue weighted by molar-refractivity contribution is -0.132. The van der Waals surface area contributed by atoms with Crippen molar-refractivity contribution in [1.82, 2.24) is 4.90 Å². The van der Waals surface area contributed by atoms with Crippen LogP contribution in [-0.4, -0.2) is 17.9 Å². The van der Waals surface area contributed by atoms with Gasteiger partial charge in [0.05, 0.1) is 6.07 Å². The molecule has 0 bridgehead atoms. The molecule has 1 atom stereocenters. The SMILES string of the molecule is CN(C(=O)C1CC1)C(C#N)c1cccs1. The van der Waals surface area contributed by atoms with Crippen molar-refractivity contribution in [2.75, 3.05) is 7.05 Å². The molecule has 0 saturated heterocycles. The molecule has 0 aromatic carbocycles. The molecule has 1 heterocycles. The number of carbonyl (C=O) groups is 1. The highest BCUT2D eigenvalue weighted by Gasteiger charge is 2.35. The van der Waals surface area contributed by atoms with E-state index in [2.05, 4.69) is 6.07 Å². The number of hydrogen-bond acceptors (Lipinski definition) is 3. The zero-order valence-corrected chi connectivity index (χ0v) is 9.33. The molecule has 1 aliphatic rings. The van der Waals surface area contributed by atoms with Gasteiger partial charge in [-0.25, -0.2) is 0 Å². The maximum absolute atomic E-state index is 11.8. The first-order valence-electron chi connectivity index (χ1n) is 4.93. The van der Waals surface area contributed by atoms with Crippen molar-refractivity contribution in [3.63, 3.8) is 0 Å². The minimum absolute atomic E-state index is 0.106. The third-order valence-electron chi connectivity index (χ3n) is 2.60. The summed E-state index contributed by atoms with van der Waals surface area (Å²) in [5, 5.41) is 11.0. The molecule has 1 amide bonds. The summed E-state index contributed by atoms with van der Waals surface area (Å²) in [6.45, 7) is 0. The molecule has 78 valence electrons. The van der Waals surface area contributed by atoms with Crippen LogP contribution in [0, 0.1) is 17.2 Å². The number of hydrogen-bond donors (Lipinski definition) is 0. The lowest BCUT2D eigenvalue weighted by Crippen LogP contribution is -2.31. The molecule has 1 fully saturated rings. The van der Waals surface area contributed by atoms with Crippen LogP contribution in [0.25, 0.3) is 0 Å². The molecule has 4 heteroatoms. The third kappa shape index (κ3) is 2.02. The predicted octanol–water partition coefficient (Wildman–Crippen LogP) is 2.18. The van der Waals surface area contributed by atoms with Crippen LogP contribution in [0.4, 0.5) is 0 Å². The number of carbonyl (C=O) groups excluding carboxylic acids is 1.